The first kappa shape index (κ1) is 7.56. The summed E-state index contributed by atoms with van der Waals surface area (Å²) < 4.78 is 1.57. The van der Waals surface area contributed by atoms with E-state index < -0.39 is 0 Å². The van der Waals surface area contributed by atoms with Gasteiger partial charge in [-0.15, -0.1) is 5.10 Å². The number of aliphatic imine (C=N–C) groups is 1. The summed E-state index contributed by atoms with van der Waals surface area (Å²) in [5, 5.41) is 10.7. The third-order valence-corrected chi connectivity index (χ3v) is 1.20. The van der Waals surface area contributed by atoms with Gasteiger partial charge in [-0.05, 0) is 17.4 Å². The Morgan fingerprint density at radius 1 is 1.73 bits per heavy atom. The van der Waals surface area contributed by atoms with Crippen LogP contribution in [0.2, 0.25) is 0 Å². The molecule has 0 saturated heterocycles. The van der Waals surface area contributed by atoms with Crippen molar-refractivity contribution < 1.29 is 4.79 Å². The van der Waals surface area contributed by atoms with Gasteiger partial charge in [0.25, 0.3) is 0 Å². The number of carbonyl (C=O) groups excluding carboxylic acids is 1. The van der Waals surface area contributed by atoms with Crippen LogP contribution in [0.5, 0.6) is 0 Å². The standard InChI is InChI=1S/C5H7N5O/c1-5-7-8-9-10(5)3-2-6-4-11/h2-3H2,1H3. The van der Waals surface area contributed by atoms with E-state index in [1.165, 1.54) is 6.08 Å². The zero-order chi connectivity index (χ0) is 8.10. The van der Waals surface area contributed by atoms with Crippen LogP contribution in [0.1, 0.15) is 5.82 Å². The molecule has 1 aromatic heterocycles. The molecule has 58 valence electrons. The molecule has 0 aliphatic carbocycles. The molecule has 0 aliphatic heterocycles. The smallest absolute Gasteiger partial charge is 0.228 e. The number of isocyanates is 1. The van der Waals surface area contributed by atoms with Gasteiger partial charge in [-0.1, -0.05) is 0 Å². The minimum atomic E-state index is 0.370. The topological polar surface area (TPSA) is 73.0 Å². The van der Waals surface area contributed by atoms with Crippen LogP contribution < -0.4 is 0 Å². The van der Waals surface area contributed by atoms with Crippen LogP contribution in [0.4, 0.5) is 0 Å². The van der Waals surface area contributed by atoms with Crippen molar-refractivity contribution in [2.24, 2.45) is 4.99 Å². The third-order valence-electron chi connectivity index (χ3n) is 1.20. The second-order valence-electron chi connectivity index (χ2n) is 1.92. The first-order valence-electron chi connectivity index (χ1n) is 3.11. The Morgan fingerprint density at radius 3 is 3.09 bits per heavy atom. The highest BCUT2D eigenvalue weighted by atomic mass is 16.1. The molecule has 0 saturated carbocycles. The molecule has 0 amide bonds. The van der Waals surface area contributed by atoms with Crippen LogP contribution >= 0.6 is 0 Å². The highest BCUT2D eigenvalue weighted by Gasteiger charge is 1.96. The average Bonchev–Trinajstić information content (AvgIpc) is 2.37. The second-order valence-corrected chi connectivity index (χ2v) is 1.92. The lowest BCUT2D eigenvalue weighted by Crippen LogP contribution is -2.05. The first-order valence-corrected chi connectivity index (χ1v) is 3.11. The number of hydrogen-bond donors (Lipinski definition) is 0. The monoisotopic (exact) mass is 153 g/mol. The summed E-state index contributed by atoms with van der Waals surface area (Å²) in [6.45, 7) is 2.67. The van der Waals surface area contributed by atoms with Crippen molar-refractivity contribution >= 4 is 6.08 Å². The summed E-state index contributed by atoms with van der Waals surface area (Å²) in [6.07, 6.45) is 1.44. The molecule has 6 heteroatoms. The average molecular weight is 153 g/mol. The maximum absolute atomic E-state index is 9.67. The van der Waals surface area contributed by atoms with E-state index in [-0.39, 0.29) is 0 Å². The Hall–Kier alpha value is -1.55. The molecule has 0 bridgehead atoms. The minimum absolute atomic E-state index is 0.370. The molecule has 1 rings (SSSR count). The van der Waals surface area contributed by atoms with Gasteiger partial charge in [0.15, 0.2) is 0 Å². The van der Waals surface area contributed by atoms with E-state index in [0.717, 1.165) is 0 Å². The molecule has 0 fully saturated rings. The van der Waals surface area contributed by atoms with E-state index in [2.05, 4.69) is 20.5 Å². The lowest BCUT2D eigenvalue weighted by molar-refractivity contribution is 0.553. The number of aromatic nitrogens is 4. The largest absolute Gasteiger partial charge is 0.235 e. The molecule has 11 heavy (non-hydrogen) atoms. The van der Waals surface area contributed by atoms with Crippen molar-refractivity contribution in [3.05, 3.63) is 5.82 Å². The maximum atomic E-state index is 9.67. The molecule has 0 unspecified atom stereocenters. The Labute approximate surface area is 62.9 Å². The fourth-order valence-corrected chi connectivity index (χ4v) is 0.646. The molecule has 1 heterocycles. The molecule has 6 nitrogen and oxygen atoms in total. The predicted octanol–water partition coefficient (Wildman–Crippen LogP) is -0.683. The molecule has 0 aliphatic rings. The molecule has 0 spiro atoms. The zero-order valence-electron chi connectivity index (χ0n) is 6.06. The number of nitrogens with zero attached hydrogens (tertiary/aromatic N) is 5. The van der Waals surface area contributed by atoms with Gasteiger partial charge in [-0.25, -0.2) is 14.5 Å². The Bertz CT molecular complexity index is 274. The number of aryl methyl sites for hydroxylation is 1. The Balaban J connectivity index is 2.50. The van der Waals surface area contributed by atoms with Crippen molar-refractivity contribution in [1.82, 2.24) is 20.2 Å². The van der Waals surface area contributed by atoms with Crippen LogP contribution in [-0.4, -0.2) is 32.8 Å². The summed E-state index contributed by atoms with van der Waals surface area (Å²) in [5.41, 5.74) is 0. The SMILES string of the molecule is Cc1nnnn1CCN=C=O. The first-order chi connectivity index (χ1) is 5.34. The van der Waals surface area contributed by atoms with Crippen molar-refractivity contribution in [3.63, 3.8) is 0 Å². The van der Waals surface area contributed by atoms with Gasteiger partial charge in [0.05, 0.1) is 13.1 Å². The summed E-state index contributed by atoms with van der Waals surface area (Å²) >= 11 is 0. The van der Waals surface area contributed by atoms with Gasteiger partial charge in [0.1, 0.15) is 5.82 Å². The molecule has 1 aromatic rings. The lowest BCUT2D eigenvalue weighted by Gasteiger charge is -1.94. The fourth-order valence-electron chi connectivity index (χ4n) is 0.646. The normalized spacial score (nSPS) is 9.18. The molecular formula is C5H7N5O. The number of hydrogen-bond acceptors (Lipinski definition) is 5. The van der Waals surface area contributed by atoms with Gasteiger partial charge in [-0.3, -0.25) is 0 Å². The fraction of sp³-hybridized carbons (Fsp3) is 0.600. The quantitative estimate of drug-likeness (QED) is 0.426. The highest BCUT2D eigenvalue weighted by molar-refractivity contribution is 5.32. The zero-order valence-corrected chi connectivity index (χ0v) is 6.06. The summed E-state index contributed by atoms with van der Waals surface area (Å²) in [7, 11) is 0. The van der Waals surface area contributed by atoms with Gasteiger partial charge in [-0.2, -0.15) is 0 Å². The summed E-state index contributed by atoms with van der Waals surface area (Å²) in [4.78, 5) is 13.0. The minimum Gasteiger partial charge on any atom is -0.228 e. The second kappa shape index (κ2) is 3.58. The van der Waals surface area contributed by atoms with Gasteiger partial charge < -0.3 is 0 Å². The van der Waals surface area contributed by atoms with Crippen molar-refractivity contribution in [1.29, 1.82) is 0 Å². The van der Waals surface area contributed by atoms with Gasteiger partial charge in [0, 0.05) is 0 Å². The Morgan fingerprint density at radius 2 is 2.55 bits per heavy atom. The van der Waals surface area contributed by atoms with Crippen molar-refractivity contribution in [2.45, 2.75) is 13.5 Å². The van der Waals surface area contributed by atoms with Crippen LogP contribution in [-0.2, 0) is 11.3 Å². The van der Waals surface area contributed by atoms with E-state index in [4.69, 9.17) is 0 Å². The van der Waals surface area contributed by atoms with Crippen molar-refractivity contribution in [2.75, 3.05) is 6.54 Å². The summed E-state index contributed by atoms with van der Waals surface area (Å²) in [5.74, 6) is 0.714. The van der Waals surface area contributed by atoms with Gasteiger partial charge >= 0.3 is 0 Å². The lowest BCUT2D eigenvalue weighted by atomic mass is 10.6. The predicted molar refractivity (Wildman–Crippen MR) is 35.5 cm³/mol. The van der Waals surface area contributed by atoms with Crippen molar-refractivity contribution in [3.8, 4) is 0 Å². The molecule has 0 atom stereocenters. The molecule has 0 radical (unpaired) electrons. The van der Waals surface area contributed by atoms with Crippen LogP contribution in [0.15, 0.2) is 4.99 Å². The van der Waals surface area contributed by atoms with E-state index in [1.807, 2.05) is 0 Å². The van der Waals surface area contributed by atoms with E-state index in [9.17, 15) is 4.79 Å². The van der Waals surface area contributed by atoms with E-state index in [1.54, 1.807) is 11.6 Å². The Kier molecular flexibility index (Phi) is 2.46. The van der Waals surface area contributed by atoms with Crippen LogP contribution in [0, 0.1) is 6.92 Å². The molecule has 0 N–H and O–H groups in total. The molecular weight excluding hydrogens is 146 g/mol. The van der Waals surface area contributed by atoms with E-state index >= 15 is 0 Å². The summed E-state index contributed by atoms with van der Waals surface area (Å²) in [6, 6.07) is 0. The molecule has 0 aromatic carbocycles. The van der Waals surface area contributed by atoms with E-state index in [0.29, 0.717) is 18.9 Å². The third kappa shape index (κ3) is 1.94. The van der Waals surface area contributed by atoms with Gasteiger partial charge in [0.2, 0.25) is 6.08 Å². The van der Waals surface area contributed by atoms with Crippen LogP contribution in [0.3, 0.4) is 0 Å². The maximum Gasteiger partial charge on any atom is 0.235 e. The van der Waals surface area contributed by atoms with Crippen LogP contribution in [0.25, 0.3) is 0 Å². The number of rotatable bonds is 3. The number of tetrazole rings is 1. The highest BCUT2D eigenvalue weighted by Crippen LogP contribution is 1.86.